The molecule has 0 heterocycles. The van der Waals surface area contributed by atoms with Gasteiger partial charge < -0.3 is 14.8 Å². The second-order valence-corrected chi connectivity index (χ2v) is 6.44. The molecule has 1 amide bonds. The lowest BCUT2D eigenvalue weighted by molar-refractivity contribution is -0.128. The van der Waals surface area contributed by atoms with Gasteiger partial charge in [-0.15, -0.1) is 0 Å². The summed E-state index contributed by atoms with van der Waals surface area (Å²) >= 11 is 5.95. The maximum absolute atomic E-state index is 12.4. The van der Waals surface area contributed by atoms with Crippen molar-refractivity contribution in [2.45, 2.75) is 39.3 Å². The average Bonchev–Trinajstić information content (AvgIpc) is 2.59. The Morgan fingerprint density at radius 3 is 2.52 bits per heavy atom. The third-order valence-corrected chi connectivity index (χ3v) is 3.88. The van der Waals surface area contributed by atoms with Crippen LogP contribution >= 0.6 is 11.6 Å². The molecule has 2 rings (SSSR count). The molecular weight excluding hydrogens is 338 g/mol. The molecule has 0 aliphatic carbocycles. The number of aryl methyl sites for hydroxylation is 1. The third kappa shape index (κ3) is 6.31. The van der Waals surface area contributed by atoms with E-state index in [4.69, 9.17) is 21.1 Å². The zero-order valence-electron chi connectivity index (χ0n) is 14.8. The topological polar surface area (TPSA) is 47.6 Å². The van der Waals surface area contributed by atoms with Crippen LogP contribution in [0.2, 0.25) is 5.02 Å². The van der Waals surface area contributed by atoms with Gasteiger partial charge in [0.05, 0.1) is 6.04 Å². The van der Waals surface area contributed by atoms with E-state index >= 15 is 0 Å². The van der Waals surface area contributed by atoms with Crippen LogP contribution in [0, 0.1) is 6.92 Å². The molecule has 134 valence electrons. The lowest BCUT2D eigenvalue weighted by atomic mass is 10.2. The van der Waals surface area contributed by atoms with Crippen molar-refractivity contribution in [3.05, 3.63) is 59.1 Å². The molecule has 4 nitrogen and oxygen atoms in total. The number of hydrogen-bond acceptors (Lipinski definition) is 3. The van der Waals surface area contributed by atoms with E-state index in [1.807, 2.05) is 45.0 Å². The number of nitrogens with one attached hydrogen (secondary N) is 1. The van der Waals surface area contributed by atoms with E-state index in [1.54, 1.807) is 24.3 Å². The Morgan fingerprint density at radius 2 is 1.88 bits per heavy atom. The highest BCUT2D eigenvalue weighted by atomic mass is 35.5. The van der Waals surface area contributed by atoms with Gasteiger partial charge in [-0.25, -0.2) is 0 Å². The first-order valence-electron chi connectivity index (χ1n) is 8.40. The first kappa shape index (κ1) is 19.1. The van der Waals surface area contributed by atoms with Gasteiger partial charge in [-0.2, -0.15) is 0 Å². The molecule has 2 unspecified atom stereocenters. The van der Waals surface area contributed by atoms with E-state index in [0.717, 1.165) is 5.75 Å². The first-order valence-corrected chi connectivity index (χ1v) is 8.77. The van der Waals surface area contributed by atoms with Crippen molar-refractivity contribution in [2.75, 3.05) is 6.61 Å². The second-order valence-electron chi connectivity index (χ2n) is 6.01. The molecule has 2 atom stereocenters. The number of halogens is 1. The summed E-state index contributed by atoms with van der Waals surface area (Å²) < 4.78 is 11.4. The van der Waals surface area contributed by atoms with Crippen LogP contribution < -0.4 is 14.8 Å². The molecule has 0 bridgehead atoms. The molecule has 0 fully saturated rings. The highest BCUT2D eigenvalue weighted by Gasteiger charge is 2.20. The molecule has 0 aromatic heterocycles. The monoisotopic (exact) mass is 361 g/mol. The molecule has 1 N–H and O–H groups in total. The predicted octanol–water partition coefficient (Wildman–Crippen LogP) is 4.39. The van der Waals surface area contributed by atoms with E-state index in [0.29, 0.717) is 23.8 Å². The van der Waals surface area contributed by atoms with Crippen LogP contribution in [0.15, 0.2) is 48.5 Å². The minimum absolute atomic E-state index is 0.134. The van der Waals surface area contributed by atoms with Gasteiger partial charge in [0.2, 0.25) is 0 Å². The predicted molar refractivity (Wildman–Crippen MR) is 100 cm³/mol. The Labute approximate surface area is 154 Å². The summed E-state index contributed by atoms with van der Waals surface area (Å²) in [7, 11) is 0. The lowest BCUT2D eigenvalue weighted by Gasteiger charge is -2.21. The second kappa shape index (κ2) is 9.33. The largest absolute Gasteiger partial charge is 0.491 e. The Morgan fingerprint density at radius 1 is 1.16 bits per heavy atom. The normalized spacial score (nSPS) is 13.0. The van der Waals surface area contributed by atoms with Crippen molar-refractivity contribution in [1.29, 1.82) is 0 Å². The molecule has 0 spiro atoms. The van der Waals surface area contributed by atoms with Gasteiger partial charge in [0.25, 0.3) is 5.91 Å². The first-order chi connectivity index (χ1) is 12.0. The van der Waals surface area contributed by atoms with Gasteiger partial charge >= 0.3 is 0 Å². The average molecular weight is 362 g/mol. The summed E-state index contributed by atoms with van der Waals surface area (Å²) in [6, 6.07) is 14.7. The maximum Gasteiger partial charge on any atom is 0.261 e. The Balaban J connectivity index is 1.84. The minimum atomic E-state index is -0.569. The van der Waals surface area contributed by atoms with Gasteiger partial charge in [-0.3, -0.25) is 4.79 Å². The van der Waals surface area contributed by atoms with E-state index in [1.165, 1.54) is 5.56 Å². The molecule has 2 aromatic carbocycles. The molecule has 0 aliphatic rings. The molecule has 5 heteroatoms. The van der Waals surface area contributed by atoms with Crippen molar-refractivity contribution in [1.82, 2.24) is 5.32 Å². The van der Waals surface area contributed by atoms with E-state index in [9.17, 15) is 4.79 Å². The summed E-state index contributed by atoms with van der Waals surface area (Å²) in [5.74, 6) is 1.20. The van der Waals surface area contributed by atoms with Gasteiger partial charge in [0, 0.05) is 5.02 Å². The van der Waals surface area contributed by atoms with Gasteiger partial charge in [0.15, 0.2) is 6.10 Å². The molecule has 0 saturated carbocycles. The van der Waals surface area contributed by atoms with Crippen LogP contribution in [0.1, 0.15) is 25.8 Å². The summed E-state index contributed by atoms with van der Waals surface area (Å²) in [5, 5.41) is 3.50. The number of amides is 1. The minimum Gasteiger partial charge on any atom is -0.491 e. The van der Waals surface area contributed by atoms with Gasteiger partial charge in [-0.05, 0) is 50.6 Å². The zero-order chi connectivity index (χ0) is 18.2. The van der Waals surface area contributed by atoms with Crippen LogP contribution in [0.4, 0.5) is 0 Å². The smallest absolute Gasteiger partial charge is 0.261 e. The van der Waals surface area contributed by atoms with Crippen molar-refractivity contribution in [2.24, 2.45) is 0 Å². The fraction of sp³-hybridized carbons (Fsp3) is 0.350. The van der Waals surface area contributed by atoms with E-state index < -0.39 is 6.10 Å². The number of carbonyl (C=O) groups is 1. The molecule has 2 aromatic rings. The lowest BCUT2D eigenvalue weighted by Crippen LogP contribution is -2.44. The number of hydrogen-bond donors (Lipinski definition) is 1. The Hall–Kier alpha value is -2.20. The molecule has 0 aliphatic heterocycles. The van der Waals surface area contributed by atoms with Crippen LogP contribution in [0.3, 0.4) is 0 Å². The van der Waals surface area contributed by atoms with Crippen LogP contribution in [-0.2, 0) is 4.79 Å². The number of ether oxygens (including phenoxy) is 2. The van der Waals surface area contributed by atoms with E-state index in [2.05, 4.69) is 5.32 Å². The van der Waals surface area contributed by atoms with Crippen molar-refractivity contribution < 1.29 is 14.3 Å². The molecule has 0 radical (unpaired) electrons. The fourth-order valence-electron chi connectivity index (χ4n) is 2.26. The van der Waals surface area contributed by atoms with Crippen molar-refractivity contribution >= 4 is 17.5 Å². The summed E-state index contributed by atoms with van der Waals surface area (Å²) in [6.07, 6.45) is -0.00976. The van der Waals surface area contributed by atoms with Crippen LogP contribution in [-0.4, -0.2) is 24.7 Å². The number of rotatable bonds is 8. The van der Waals surface area contributed by atoms with Crippen molar-refractivity contribution in [3.63, 3.8) is 0 Å². The summed E-state index contributed by atoms with van der Waals surface area (Å²) in [5.41, 5.74) is 1.18. The van der Waals surface area contributed by atoms with Gasteiger partial charge in [0.1, 0.15) is 18.1 Å². The SMILES string of the molecule is CCC(Oc1cccc(Cl)c1)C(=O)NC(C)COc1ccc(C)cc1. The molecule has 25 heavy (non-hydrogen) atoms. The maximum atomic E-state index is 12.4. The van der Waals surface area contributed by atoms with Gasteiger partial charge in [-0.1, -0.05) is 42.3 Å². The Bertz CT molecular complexity index is 688. The zero-order valence-corrected chi connectivity index (χ0v) is 15.5. The summed E-state index contributed by atoms with van der Waals surface area (Å²) in [4.78, 5) is 12.4. The standard InChI is InChI=1S/C20H24ClNO3/c1-4-19(25-18-7-5-6-16(21)12-18)20(23)22-15(3)13-24-17-10-8-14(2)9-11-17/h5-12,15,19H,4,13H2,1-3H3,(H,22,23). The highest BCUT2D eigenvalue weighted by molar-refractivity contribution is 6.30. The quantitative estimate of drug-likeness (QED) is 0.758. The number of benzene rings is 2. The fourth-order valence-corrected chi connectivity index (χ4v) is 2.44. The summed E-state index contributed by atoms with van der Waals surface area (Å²) in [6.45, 7) is 6.22. The third-order valence-electron chi connectivity index (χ3n) is 3.65. The van der Waals surface area contributed by atoms with Crippen molar-refractivity contribution in [3.8, 4) is 11.5 Å². The highest BCUT2D eigenvalue weighted by Crippen LogP contribution is 2.19. The van der Waals surface area contributed by atoms with Crippen LogP contribution in [0.25, 0.3) is 0 Å². The Kier molecular flexibility index (Phi) is 7.14. The molecular formula is C20H24ClNO3. The number of carbonyl (C=O) groups excluding carboxylic acids is 1. The molecule has 0 saturated heterocycles. The van der Waals surface area contributed by atoms with Crippen LogP contribution in [0.5, 0.6) is 11.5 Å². The van der Waals surface area contributed by atoms with E-state index in [-0.39, 0.29) is 11.9 Å².